The van der Waals surface area contributed by atoms with Crippen molar-refractivity contribution in [3.05, 3.63) is 62.9 Å². The van der Waals surface area contributed by atoms with Gasteiger partial charge >= 0.3 is 0 Å². The first-order valence-corrected chi connectivity index (χ1v) is 8.06. The predicted molar refractivity (Wildman–Crippen MR) is 91.6 cm³/mol. The van der Waals surface area contributed by atoms with Crippen molar-refractivity contribution in [2.75, 3.05) is 0 Å². The van der Waals surface area contributed by atoms with Crippen molar-refractivity contribution in [3.8, 4) is 0 Å². The van der Waals surface area contributed by atoms with Gasteiger partial charge in [0.1, 0.15) is 0 Å². The van der Waals surface area contributed by atoms with Gasteiger partial charge in [0.2, 0.25) is 0 Å². The number of hydrogen-bond donors (Lipinski definition) is 0. The van der Waals surface area contributed by atoms with Crippen molar-refractivity contribution < 1.29 is 4.79 Å². The molecule has 0 N–H and O–H groups in total. The molecule has 0 unspecified atom stereocenters. The van der Waals surface area contributed by atoms with Crippen LogP contribution in [0, 0.1) is 13.8 Å². The summed E-state index contributed by atoms with van der Waals surface area (Å²) in [5.74, 6) is -0.257. The molecule has 2 aromatic carbocycles. The summed E-state index contributed by atoms with van der Waals surface area (Å²) in [4.78, 5) is 17.2. The first-order valence-electron chi connectivity index (χ1n) is 6.87. The molecule has 1 amide bonds. The molecule has 0 aliphatic rings. The molecule has 0 atom stereocenters. The molecule has 0 aliphatic heterocycles. The SMILES string of the molecule is Cc1cc2sc(=NC(=O)c3ccc(Cl)cc3)n(C)c2cc1C. The normalized spacial score (nSPS) is 12.1. The van der Waals surface area contributed by atoms with Crippen LogP contribution in [0.1, 0.15) is 21.5 Å². The summed E-state index contributed by atoms with van der Waals surface area (Å²) in [5.41, 5.74) is 4.10. The number of thiazole rings is 1. The first-order chi connectivity index (χ1) is 10.5. The maximum absolute atomic E-state index is 12.3. The number of aryl methyl sites for hydroxylation is 3. The summed E-state index contributed by atoms with van der Waals surface area (Å²) in [7, 11) is 1.93. The largest absolute Gasteiger partial charge is 0.319 e. The molecule has 3 nitrogen and oxygen atoms in total. The van der Waals surface area contributed by atoms with Crippen LogP contribution in [0.5, 0.6) is 0 Å². The Hall–Kier alpha value is -1.91. The summed E-state index contributed by atoms with van der Waals surface area (Å²) in [6, 6.07) is 11.0. The van der Waals surface area contributed by atoms with Crippen LogP contribution >= 0.6 is 22.9 Å². The van der Waals surface area contributed by atoms with Gasteiger partial charge < -0.3 is 4.57 Å². The lowest BCUT2D eigenvalue weighted by Gasteiger charge is -2.00. The highest BCUT2D eigenvalue weighted by Crippen LogP contribution is 2.21. The van der Waals surface area contributed by atoms with E-state index in [4.69, 9.17) is 11.6 Å². The maximum Gasteiger partial charge on any atom is 0.279 e. The predicted octanol–water partition coefficient (Wildman–Crippen LogP) is 4.25. The number of carbonyl (C=O) groups excluding carboxylic acids is 1. The number of benzene rings is 2. The van der Waals surface area contributed by atoms with Crippen molar-refractivity contribution in [1.29, 1.82) is 0 Å². The van der Waals surface area contributed by atoms with Crippen LogP contribution < -0.4 is 4.80 Å². The molecule has 0 bridgehead atoms. The summed E-state index contributed by atoms with van der Waals surface area (Å²) in [6.07, 6.45) is 0. The van der Waals surface area contributed by atoms with Crippen molar-refractivity contribution >= 4 is 39.1 Å². The Labute approximate surface area is 137 Å². The Morgan fingerprint density at radius 2 is 1.77 bits per heavy atom. The molecule has 0 saturated heterocycles. The Bertz CT molecular complexity index is 936. The standard InChI is InChI=1S/C17H15ClN2OS/c1-10-8-14-15(9-11(10)2)22-17(20(14)3)19-16(21)12-4-6-13(18)7-5-12/h4-9H,1-3H3. The van der Waals surface area contributed by atoms with E-state index >= 15 is 0 Å². The van der Waals surface area contributed by atoms with Gasteiger partial charge in [-0.1, -0.05) is 22.9 Å². The Morgan fingerprint density at radius 3 is 2.45 bits per heavy atom. The maximum atomic E-state index is 12.3. The summed E-state index contributed by atoms with van der Waals surface area (Å²) in [6.45, 7) is 4.17. The minimum Gasteiger partial charge on any atom is -0.319 e. The Kier molecular flexibility index (Phi) is 3.89. The third-order valence-corrected chi connectivity index (χ3v) is 5.06. The smallest absolute Gasteiger partial charge is 0.279 e. The van der Waals surface area contributed by atoms with E-state index in [-0.39, 0.29) is 5.91 Å². The topological polar surface area (TPSA) is 34.4 Å². The van der Waals surface area contributed by atoms with Crippen LogP contribution in [-0.4, -0.2) is 10.5 Å². The molecule has 5 heteroatoms. The van der Waals surface area contributed by atoms with Gasteiger partial charge in [-0.15, -0.1) is 0 Å². The van der Waals surface area contributed by atoms with Crippen molar-refractivity contribution in [2.24, 2.45) is 12.0 Å². The average molecular weight is 331 g/mol. The average Bonchev–Trinajstić information content (AvgIpc) is 2.77. The highest BCUT2D eigenvalue weighted by molar-refractivity contribution is 7.16. The number of nitrogens with zero attached hydrogens (tertiary/aromatic N) is 2. The number of rotatable bonds is 1. The van der Waals surface area contributed by atoms with Gasteiger partial charge in [0.05, 0.1) is 10.2 Å². The van der Waals surface area contributed by atoms with E-state index in [0.717, 1.165) is 10.2 Å². The highest BCUT2D eigenvalue weighted by atomic mass is 35.5. The fourth-order valence-corrected chi connectivity index (χ4v) is 3.45. The molecule has 0 saturated carbocycles. The van der Waals surface area contributed by atoms with Crippen LogP contribution in [0.2, 0.25) is 5.02 Å². The second-order valence-corrected chi connectivity index (χ2v) is 6.72. The van der Waals surface area contributed by atoms with E-state index in [1.165, 1.54) is 22.5 Å². The van der Waals surface area contributed by atoms with E-state index in [1.54, 1.807) is 24.3 Å². The lowest BCUT2D eigenvalue weighted by atomic mass is 10.1. The van der Waals surface area contributed by atoms with Crippen molar-refractivity contribution in [3.63, 3.8) is 0 Å². The molecule has 0 spiro atoms. The molecule has 0 aliphatic carbocycles. The van der Waals surface area contributed by atoms with E-state index in [0.29, 0.717) is 15.4 Å². The van der Waals surface area contributed by atoms with Gasteiger partial charge in [0.15, 0.2) is 4.80 Å². The Balaban J connectivity index is 2.11. The van der Waals surface area contributed by atoms with Crippen molar-refractivity contribution in [2.45, 2.75) is 13.8 Å². The molecule has 112 valence electrons. The lowest BCUT2D eigenvalue weighted by Crippen LogP contribution is -2.13. The van der Waals surface area contributed by atoms with E-state index < -0.39 is 0 Å². The van der Waals surface area contributed by atoms with Gasteiger partial charge in [-0.2, -0.15) is 4.99 Å². The van der Waals surface area contributed by atoms with Crippen LogP contribution in [0.3, 0.4) is 0 Å². The Morgan fingerprint density at radius 1 is 1.14 bits per heavy atom. The highest BCUT2D eigenvalue weighted by Gasteiger charge is 2.08. The first kappa shape index (κ1) is 15.0. The fourth-order valence-electron chi connectivity index (χ4n) is 2.23. The second-order valence-electron chi connectivity index (χ2n) is 5.27. The number of halogens is 1. The molecular weight excluding hydrogens is 316 g/mol. The minimum absolute atomic E-state index is 0.257. The molecule has 3 rings (SSSR count). The van der Waals surface area contributed by atoms with Gasteiger partial charge in [-0.05, 0) is 61.4 Å². The third kappa shape index (κ3) is 2.72. The van der Waals surface area contributed by atoms with Crippen LogP contribution in [0.4, 0.5) is 0 Å². The van der Waals surface area contributed by atoms with E-state index in [1.807, 2.05) is 11.6 Å². The van der Waals surface area contributed by atoms with Gasteiger partial charge in [0.25, 0.3) is 5.91 Å². The zero-order valence-electron chi connectivity index (χ0n) is 12.6. The van der Waals surface area contributed by atoms with Gasteiger partial charge in [0, 0.05) is 17.6 Å². The molecule has 0 radical (unpaired) electrons. The zero-order chi connectivity index (χ0) is 15.9. The molecule has 1 aromatic heterocycles. The number of amides is 1. The lowest BCUT2D eigenvalue weighted by molar-refractivity contribution is 0.0998. The van der Waals surface area contributed by atoms with Crippen molar-refractivity contribution in [1.82, 2.24) is 4.57 Å². The summed E-state index contributed by atoms with van der Waals surface area (Å²) < 4.78 is 3.09. The fraction of sp³-hybridized carbons (Fsp3) is 0.176. The number of aromatic nitrogens is 1. The second kappa shape index (κ2) is 5.71. The van der Waals surface area contributed by atoms with E-state index in [9.17, 15) is 4.79 Å². The number of carbonyl (C=O) groups is 1. The quantitative estimate of drug-likeness (QED) is 0.656. The van der Waals surface area contributed by atoms with Crippen LogP contribution in [0.25, 0.3) is 10.2 Å². The van der Waals surface area contributed by atoms with E-state index in [2.05, 4.69) is 31.0 Å². The molecule has 22 heavy (non-hydrogen) atoms. The number of hydrogen-bond acceptors (Lipinski definition) is 2. The van der Waals surface area contributed by atoms with Gasteiger partial charge in [-0.3, -0.25) is 4.79 Å². The monoisotopic (exact) mass is 330 g/mol. The molecule has 1 heterocycles. The molecular formula is C17H15ClN2OS. The third-order valence-electron chi connectivity index (χ3n) is 3.71. The minimum atomic E-state index is -0.257. The summed E-state index contributed by atoms with van der Waals surface area (Å²) >= 11 is 7.36. The van der Waals surface area contributed by atoms with Gasteiger partial charge in [-0.25, -0.2) is 0 Å². The molecule has 3 aromatic rings. The van der Waals surface area contributed by atoms with Crippen LogP contribution in [0.15, 0.2) is 41.4 Å². The number of fused-ring (bicyclic) bond motifs is 1. The zero-order valence-corrected chi connectivity index (χ0v) is 14.1. The molecule has 0 fully saturated rings. The van der Waals surface area contributed by atoms with Crippen LogP contribution in [-0.2, 0) is 7.05 Å². The summed E-state index contributed by atoms with van der Waals surface area (Å²) in [5, 5.41) is 0.606.